The number of aryl methyl sites for hydroxylation is 2. The van der Waals surface area contributed by atoms with Gasteiger partial charge < -0.3 is 9.80 Å². The molecule has 3 rings (SSSR count). The number of piperazine rings is 1. The van der Waals surface area contributed by atoms with E-state index in [4.69, 9.17) is 0 Å². The summed E-state index contributed by atoms with van der Waals surface area (Å²) in [6.45, 7) is 7.28. The molecule has 0 atom stereocenters. The third-order valence-electron chi connectivity index (χ3n) is 4.40. The summed E-state index contributed by atoms with van der Waals surface area (Å²) in [6.07, 6.45) is 1.67. The van der Waals surface area contributed by atoms with E-state index in [2.05, 4.69) is 41.2 Å². The van der Waals surface area contributed by atoms with Crippen molar-refractivity contribution in [3.05, 3.63) is 47.3 Å². The molecule has 1 aliphatic heterocycles. The topological polar surface area (TPSA) is 41.4 Å². The summed E-state index contributed by atoms with van der Waals surface area (Å²) in [4.78, 5) is 16.9. The number of carbonyl (C=O) groups is 1. The summed E-state index contributed by atoms with van der Waals surface area (Å²) in [5, 5.41) is 4.16. The lowest BCUT2D eigenvalue weighted by molar-refractivity contribution is 0.0746. The van der Waals surface area contributed by atoms with Crippen molar-refractivity contribution < 1.29 is 4.79 Å². The van der Waals surface area contributed by atoms with Gasteiger partial charge >= 0.3 is 0 Å². The molecule has 22 heavy (non-hydrogen) atoms. The number of carbonyl (C=O) groups excluding carboxylic acids is 1. The average Bonchev–Trinajstić information content (AvgIpc) is 2.86. The summed E-state index contributed by atoms with van der Waals surface area (Å²) < 4.78 is 1.75. The summed E-state index contributed by atoms with van der Waals surface area (Å²) in [5.74, 6) is 0.0921. The largest absolute Gasteiger partial charge is 0.368 e. The van der Waals surface area contributed by atoms with Gasteiger partial charge in [0, 0.05) is 44.6 Å². The van der Waals surface area contributed by atoms with Gasteiger partial charge in [-0.25, -0.2) is 0 Å². The fourth-order valence-corrected chi connectivity index (χ4v) is 2.87. The molecule has 2 heterocycles. The Balaban J connectivity index is 1.67. The second kappa shape index (κ2) is 5.83. The molecule has 5 nitrogen and oxygen atoms in total. The molecule has 1 aliphatic rings. The van der Waals surface area contributed by atoms with Gasteiger partial charge in [-0.05, 0) is 31.5 Å². The SMILES string of the molecule is Cc1cccc(N2CCN(C(=O)c3cnn(C)c3C)CC2)c1. The van der Waals surface area contributed by atoms with Crippen LogP contribution in [0.15, 0.2) is 30.5 Å². The van der Waals surface area contributed by atoms with Crippen LogP contribution in [0.25, 0.3) is 0 Å². The number of rotatable bonds is 2. The summed E-state index contributed by atoms with van der Waals surface area (Å²) in [6, 6.07) is 8.52. The van der Waals surface area contributed by atoms with Crippen LogP contribution >= 0.6 is 0 Å². The van der Waals surface area contributed by atoms with Gasteiger partial charge in [0.1, 0.15) is 0 Å². The molecule has 1 amide bonds. The Hall–Kier alpha value is -2.30. The smallest absolute Gasteiger partial charge is 0.257 e. The molecular weight excluding hydrogens is 276 g/mol. The average molecular weight is 298 g/mol. The predicted octanol–water partition coefficient (Wildman–Crippen LogP) is 2.00. The zero-order chi connectivity index (χ0) is 15.7. The van der Waals surface area contributed by atoms with Crippen LogP contribution < -0.4 is 4.90 Å². The Morgan fingerprint density at radius 1 is 1.14 bits per heavy atom. The predicted molar refractivity (Wildman–Crippen MR) is 87.2 cm³/mol. The van der Waals surface area contributed by atoms with E-state index >= 15 is 0 Å². The first-order valence-electron chi connectivity index (χ1n) is 7.66. The van der Waals surface area contributed by atoms with Crippen molar-refractivity contribution in [3.63, 3.8) is 0 Å². The van der Waals surface area contributed by atoms with Gasteiger partial charge in [0.2, 0.25) is 0 Å². The second-order valence-electron chi connectivity index (χ2n) is 5.89. The van der Waals surface area contributed by atoms with Gasteiger partial charge in [0.05, 0.1) is 11.8 Å². The Labute approximate surface area is 131 Å². The fraction of sp³-hybridized carbons (Fsp3) is 0.412. The van der Waals surface area contributed by atoms with Crippen LogP contribution in [0.2, 0.25) is 0 Å². The maximum atomic E-state index is 12.6. The Morgan fingerprint density at radius 2 is 1.86 bits per heavy atom. The first-order valence-corrected chi connectivity index (χ1v) is 7.66. The van der Waals surface area contributed by atoms with Crippen molar-refractivity contribution in [2.45, 2.75) is 13.8 Å². The Morgan fingerprint density at radius 3 is 2.45 bits per heavy atom. The van der Waals surface area contributed by atoms with Gasteiger partial charge in [-0.15, -0.1) is 0 Å². The number of nitrogens with zero attached hydrogens (tertiary/aromatic N) is 4. The first kappa shape index (κ1) is 14.6. The van der Waals surface area contributed by atoms with Crippen molar-refractivity contribution in [1.29, 1.82) is 0 Å². The van der Waals surface area contributed by atoms with E-state index < -0.39 is 0 Å². The molecule has 0 N–H and O–H groups in total. The van der Waals surface area contributed by atoms with Gasteiger partial charge in [0.15, 0.2) is 0 Å². The van der Waals surface area contributed by atoms with Gasteiger partial charge in [-0.2, -0.15) is 5.10 Å². The van der Waals surface area contributed by atoms with E-state index in [1.54, 1.807) is 10.9 Å². The molecule has 1 fully saturated rings. The maximum Gasteiger partial charge on any atom is 0.257 e. The quantitative estimate of drug-likeness (QED) is 0.851. The van der Waals surface area contributed by atoms with Crippen LogP contribution in [0.3, 0.4) is 0 Å². The third-order valence-corrected chi connectivity index (χ3v) is 4.40. The van der Waals surface area contributed by atoms with Crippen LogP contribution in [0, 0.1) is 13.8 Å². The minimum Gasteiger partial charge on any atom is -0.368 e. The van der Waals surface area contributed by atoms with Crippen molar-refractivity contribution >= 4 is 11.6 Å². The van der Waals surface area contributed by atoms with Crippen LogP contribution in [0.4, 0.5) is 5.69 Å². The normalized spacial score (nSPS) is 15.2. The standard InChI is InChI=1S/C17H22N4O/c1-13-5-4-6-15(11-13)20-7-9-21(10-8-20)17(22)16-12-18-19(3)14(16)2/h4-6,11-12H,7-10H2,1-3H3. The molecule has 0 radical (unpaired) electrons. The fourth-order valence-electron chi connectivity index (χ4n) is 2.87. The first-order chi connectivity index (χ1) is 10.6. The van der Waals surface area contributed by atoms with E-state index in [-0.39, 0.29) is 5.91 Å². The second-order valence-corrected chi connectivity index (χ2v) is 5.89. The van der Waals surface area contributed by atoms with Crippen LogP contribution in [0.1, 0.15) is 21.6 Å². The van der Waals surface area contributed by atoms with Crippen LogP contribution in [-0.2, 0) is 7.05 Å². The lowest BCUT2D eigenvalue weighted by atomic mass is 10.1. The zero-order valence-corrected chi connectivity index (χ0v) is 13.4. The van der Waals surface area contributed by atoms with Crippen molar-refractivity contribution in [1.82, 2.24) is 14.7 Å². The molecular formula is C17H22N4O. The molecule has 116 valence electrons. The van der Waals surface area contributed by atoms with Gasteiger partial charge in [-0.1, -0.05) is 12.1 Å². The zero-order valence-electron chi connectivity index (χ0n) is 13.4. The molecule has 0 bridgehead atoms. The number of benzene rings is 1. The monoisotopic (exact) mass is 298 g/mol. The van der Waals surface area contributed by atoms with Crippen LogP contribution in [0.5, 0.6) is 0 Å². The van der Waals surface area contributed by atoms with Gasteiger partial charge in [-0.3, -0.25) is 9.48 Å². The van der Waals surface area contributed by atoms with E-state index in [9.17, 15) is 4.79 Å². The van der Waals surface area contributed by atoms with Crippen molar-refractivity contribution in [2.75, 3.05) is 31.1 Å². The highest BCUT2D eigenvalue weighted by atomic mass is 16.2. The minimum atomic E-state index is 0.0921. The van der Waals surface area contributed by atoms with E-state index in [0.717, 1.165) is 31.9 Å². The molecule has 5 heteroatoms. The number of amides is 1. The van der Waals surface area contributed by atoms with Crippen LogP contribution in [-0.4, -0.2) is 46.8 Å². The lowest BCUT2D eigenvalue weighted by Crippen LogP contribution is -2.48. The maximum absolute atomic E-state index is 12.6. The summed E-state index contributed by atoms with van der Waals surface area (Å²) >= 11 is 0. The number of anilines is 1. The number of hydrogen-bond donors (Lipinski definition) is 0. The Bertz CT molecular complexity index is 684. The van der Waals surface area contributed by atoms with E-state index in [1.165, 1.54) is 11.3 Å². The Kier molecular flexibility index (Phi) is 3.88. The molecule has 2 aromatic rings. The summed E-state index contributed by atoms with van der Waals surface area (Å²) in [5.41, 5.74) is 4.14. The van der Waals surface area contributed by atoms with Crippen molar-refractivity contribution in [2.24, 2.45) is 7.05 Å². The molecule has 0 unspecified atom stereocenters. The van der Waals surface area contributed by atoms with E-state index in [0.29, 0.717) is 5.56 Å². The molecule has 0 saturated carbocycles. The van der Waals surface area contributed by atoms with E-state index in [1.807, 2.05) is 18.9 Å². The molecule has 1 aromatic carbocycles. The molecule has 1 saturated heterocycles. The highest BCUT2D eigenvalue weighted by Gasteiger charge is 2.24. The minimum absolute atomic E-state index is 0.0921. The highest BCUT2D eigenvalue weighted by Crippen LogP contribution is 2.19. The third kappa shape index (κ3) is 2.71. The molecule has 1 aromatic heterocycles. The molecule has 0 aliphatic carbocycles. The lowest BCUT2D eigenvalue weighted by Gasteiger charge is -2.36. The number of aromatic nitrogens is 2. The van der Waals surface area contributed by atoms with Gasteiger partial charge in [0.25, 0.3) is 5.91 Å². The number of hydrogen-bond acceptors (Lipinski definition) is 3. The van der Waals surface area contributed by atoms with Crippen molar-refractivity contribution in [3.8, 4) is 0 Å². The summed E-state index contributed by atoms with van der Waals surface area (Å²) in [7, 11) is 1.86. The highest BCUT2D eigenvalue weighted by molar-refractivity contribution is 5.95. The molecule has 0 spiro atoms.